The molecular formula is C10H13FN2. The summed E-state index contributed by atoms with van der Waals surface area (Å²) in [6, 6.07) is 5.07. The van der Waals surface area contributed by atoms with Crippen molar-refractivity contribution in [3.05, 3.63) is 29.3 Å². The van der Waals surface area contributed by atoms with Gasteiger partial charge < -0.3 is 11.5 Å². The highest BCUT2D eigenvalue weighted by molar-refractivity contribution is 5.47. The molecule has 2 nitrogen and oxygen atoms in total. The van der Waals surface area contributed by atoms with Gasteiger partial charge in [0.25, 0.3) is 0 Å². The summed E-state index contributed by atoms with van der Waals surface area (Å²) in [4.78, 5) is 0. The Labute approximate surface area is 76.7 Å². The molecule has 1 aliphatic carbocycles. The van der Waals surface area contributed by atoms with Crippen LogP contribution >= 0.6 is 0 Å². The molecule has 0 bridgehead atoms. The Morgan fingerprint density at radius 2 is 2.15 bits per heavy atom. The van der Waals surface area contributed by atoms with E-state index in [0.29, 0.717) is 12.1 Å². The molecule has 1 aromatic carbocycles. The number of anilines is 1. The van der Waals surface area contributed by atoms with Gasteiger partial charge in [0, 0.05) is 5.69 Å². The first-order valence-electron chi connectivity index (χ1n) is 4.46. The maximum atomic E-state index is 13.2. The van der Waals surface area contributed by atoms with Crippen molar-refractivity contribution in [2.24, 2.45) is 5.73 Å². The first kappa shape index (κ1) is 8.51. The number of nitrogen functional groups attached to an aromatic ring is 1. The number of fused-ring (bicyclic) bond motifs is 1. The number of hydrogen-bond donors (Lipinski definition) is 2. The number of hydrogen-bond acceptors (Lipinski definition) is 2. The van der Waals surface area contributed by atoms with Crippen molar-refractivity contribution in [3.63, 3.8) is 0 Å². The first-order valence-corrected chi connectivity index (χ1v) is 4.46. The van der Waals surface area contributed by atoms with Crippen LogP contribution in [0.1, 0.15) is 23.6 Å². The molecule has 0 heterocycles. The van der Waals surface area contributed by atoms with Crippen molar-refractivity contribution in [1.29, 1.82) is 0 Å². The van der Waals surface area contributed by atoms with Crippen molar-refractivity contribution in [1.82, 2.24) is 0 Å². The fraction of sp³-hybridized carbons (Fsp3) is 0.400. The van der Waals surface area contributed by atoms with Crippen LogP contribution in [0.25, 0.3) is 0 Å². The van der Waals surface area contributed by atoms with Gasteiger partial charge in [-0.3, -0.25) is 0 Å². The Kier molecular flexibility index (Phi) is 1.96. The van der Waals surface area contributed by atoms with Gasteiger partial charge in [0.15, 0.2) is 0 Å². The topological polar surface area (TPSA) is 52.0 Å². The quantitative estimate of drug-likeness (QED) is 0.595. The second kappa shape index (κ2) is 3.00. The molecule has 13 heavy (non-hydrogen) atoms. The SMILES string of the molecule is Nc1ccc2c(c1)[C@@H](N)[C@H](F)CC2. The van der Waals surface area contributed by atoms with E-state index >= 15 is 0 Å². The van der Waals surface area contributed by atoms with Gasteiger partial charge in [-0.1, -0.05) is 6.07 Å². The van der Waals surface area contributed by atoms with E-state index in [9.17, 15) is 4.39 Å². The second-order valence-electron chi connectivity index (χ2n) is 3.54. The molecule has 1 aliphatic rings. The van der Waals surface area contributed by atoms with Crippen LogP contribution in [0, 0.1) is 0 Å². The van der Waals surface area contributed by atoms with Gasteiger partial charge >= 0.3 is 0 Å². The number of nitrogens with two attached hydrogens (primary N) is 2. The summed E-state index contributed by atoms with van der Waals surface area (Å²) < 4.78 is 13.2. The van der Waals surface area contributed by atoms with Crippen LogP contribution in [0.15, 0.2) is 18.2 Å². The van der Waals surface area contributed by atoms with Crippen molar-refractivity contribution in [3.8, 4) is 0 Å². The lowest BCUT2D eigenvalue weighted by atomic mass is 9.87. The zero-order valence-corrected chi connectivity index (χ0v) is 7.33. The van der Waals surface area contributed by atoms with Gasteiger partial charge in [-0.05, 0) is 36.1 Å². The fourth-order valence-electron chi connectivity index (χ4n) is 1.82. The van der Waals surface area contributed by atoms with Crippen LogP contribution in [0.5, 0.6) is 0 Å². The summed E-state index contributed by atoms with van der Waals surface area (Å²) in [7, 11) is 0. The number of benzene rings is 1. The van der Waals surface area contributed by atoms with E-state index in [0.717, 1.165) is 17.5 Å². The molecule has 0 aromatic heterocycles. The van der Waals surface area contributed by atoms with E-state index in [1.54, 1.807) is 6.07 Å². The van der Waals surface area contributed by atoms with E-state index in [4.69, 9.17) is 11.5 Å². The average Bonchev–Trinajstić information content (AvgIpc) is 2.12. The third kappa shape index (κ3) is 1.40. The maximum absolute atomic E-state index is 13.2. The highest BCUT2D eigenvalue weighted by atomic mass is 19.1. The van der Waals surface area contributed by atoms with Gasteiger partial charge in [-0.2, -0.15) is 0 Å². The molecular weight excluding hydrogens is 167 g/mol. The van der Waals surface area contributed by atoms with Gasteiger partial charge in [0.05, 0.1) is 6.04 Å². The Morgan fingerprint density at radius 1 is 1.38 bits per heavy atom. The van der Waals surface area contributed by atoms with E-state index < -0.39 is 12.2 Å². The van der Waals surface area contributed by atoms with Gasteiger partial charge in [0.2, 0.25) is 0 Å². The predicted molar refractivity (Wildman–Crippen MR) is 51.0 cm³/mol. The Bertz CT molecular complexity index is 325. The minimum Gasteiger partial charge on any atom is -0.399 e. The number of aryl methyl sites for hydroxylation is 1. The molecule has 3 heteroatoms. The van der Waals surface area contributed by atoms with Gasteiger partial charge in [-0.25, -0.2) is 4.39 Å². The zero-order valence-electron chi connectivity index (χ0n) is 7.33. The molecule has 0 amide bonds. The minimum atomic E-state index is -0.922. The predicted octanol–water partition coefficient (Wildman–Crippen LogP) is 1.55. The van der Waals surface area contributed by atoms with Crippen molar-refractivity contribution in [2.75, 3.05) is 5.73 Å². The third-order valence-corrected chi connectivity index (χ3v) is 2.61. The van der Waals surface area contributed by atoms with Crippen LogP contribution in [-0.4, -0.2) is 6.17 Å². The standard InChI is InChI=1S/C10H13FN2/c11-9-4-2-6-1-3-7(12)5-8(6)10(9)13/h1,3,5,9-10H,2,4,12-13H2/t9-,10-/m1/s1. The molecule has 0 fully saturated rings. The van der Waals surface area contributed by atoms with Crippen LogP contribution in [0.3, 0.4) is 0 Å². The molecule has 0 saturated heterocycles. The Balaban J connectivity index is 2.45. The van der Waals surface area contributed by atoms with Crippen LogP contribution in [0.4, 0.5) is 10.1 Å². The summed E-state index contributed by atoms with van der Waals surface area (Å²) in [5.74, 6) is 0. The molecule has 4 N–H and O–H groups in total. The smallest absolute Gasteiger partial charge is 0.120 e. The molecule has 0 saturated carbocycles. The van der Waals surface area contributed by atoms with Crippen LogP contribution in [-0.2, 0) is 6.42 Å². The molecule has 0 aliphatic heterocycles. The highest BCUT2D eigenvalue weighted by Gasteiger charge is 2.26. The lowest BCUT2D eigenvalue weighted by molar-refractivity contribution is 0.255. The normalized spacial score (nSPS) is 26.9. The molecule has 0 radical (unpaired) electrons. The lowest BCUT2D eigenvalue weighted by Crippen LogP contribution is -2.28. The first-order chi connectivity index (χ1) is 6.18. The summed E-state index contributed by atoms with van der Waals surface area (Å²) in [5.41, 5.74) is 14.0. The summed E-state index contributed by atoms with van der Waals surface area (Å²) in [5, 5.41) is 0. The van der Waals surface area contributed by atoms with Crippen molar-refractivity contribution in [2.45, 2.75) is 25.1 Å². The molecule has 2 atom stereocenters. The van der Waals surface area contributed by atoms with Gasteiger partial charge in [0.1, 0.15) is 6.17 Å². The largest absolute Gasteiger partial charge is 0.399 e. The number of alkyl halides is 1. The lowest BCUT2D eigenvalue weighted by Gasteiger charge is -2.25. The molecule has 1 aromatic rings. The summed E-state index contributed by atoms with van der Waals surface area (Å²) in [6.45, 7) is 0. The van der Waals surface area contributed by atoms with E-state index in [1.807, 2.05) is 12.1 Å². The molecule has 70 valence electrons. The van der Waals surface area contributed by atoms with Crippen LogP contribution < -0.4 is 11.5 Å². The fourth-order valence-corrected chi connectivity index (χ4v) is 1.82. The maximum Gasteiger partial charge on any atom is 0.120 e. The third-order valence-electron chi connectivity index (χ3n) is 2.61. The van der Waals surface area contributed by atoms with E-state index in [-0.39, 0.29) is 0 Å². The van der Waals surface area contributed by atoms with Gasteiger partial charge in [-0.15, -0.1) is 0 Å². The highest BCUT2D eigenvalue weighted by Crippen LogP contribution is 2.31. The molecule has 0 unspecified atom stereocenters. The Morgan fingerprint density at radius 3 is 2.92 bits per heavy atom. The molecule has 2 rings (SSSR count). The average molecular weight is 180 g/mol. The monoisotopic (exact) mass is 180 g/mol. The van der Waals surface area contributed by atoms with E-state index in [2.05, 4.69) is 0 Å². The van der Waals surface area contributed by atoms with Crippen molar-refractivity contribution >= 4 is 5.69 Å². The van der Waals surface area contributed by atoms with Crippen LogP contribution in [0.2, 0.25) is 0 Å². The molecule has 0 spiro atoms. The van der Waals surface area contributed by atoms with E-state index in [1.165, 1.54) is 0 Å². The number of halogens is 1. The number of rotatable bonds is 0. The second-order valence-corrected chi connectivity index (χ2v) is 3.54. The summed E-state index contributed by atoms with van der Waals surface area (Å²) in [6.07, 6.45) is 0.372. The Hall–Kier alpha value is -1.09. The van der Waals surface area contributed by atoms with Crippen molar-refractivity contribution < 1.29 is 4.39 Å². The minimum absolute atomic E-state index is 0.493. The zero-order chi connectivity index (χ0) is 9.42. The summed E-state index contributed by atoms with van der Waals surface area (Å²) >= 11 is 0.